The molecule has 1 heterocycles. The lowest BCUT2D eigenvalue weighted by atomic mass is 10.1. The van der Waals surface area contributed by atoms with E-state index in [9.17, 15) is 9.18 Å². The molecule has 0 aliphatic carbocycles. The average molecular weight is 308 g/mol. The Balaban J connectivity index is 1.88. The number of carbonyl (C=O) groups is 1. The summed E-state index contributed by atoms with van der Waals surface area (Å²) in [5.41, 5.74) is 0.995. The summed E-state index contributed by atoms with van der Waals surface area (Å²) >= 11 is 0. The minimum atomic E-state index is -0.243. The lowest BCUT2D eigenvalue weighted by Gasteiger charge is -2.23. The van der Waals surface area contributed by atoms with Crippen molar-refractivity contribution in [2.75, 3.05) is 46.9 Å². The second kappa shape index (κ2) is 8.25. The lowest BCUT2D eigenvalue weighted by molar-refractivity contribution is -0.131. The van der Waals surface area contributed by atoms with Crippen molar-refractivity contribution in [3.63, 3.8) is 0 Å². The van der Waals surface area contributed by atoms with Gasteiger partial charge in [-0.1, -0.05) is 12.1 Å². The molecule has 0 saturated carbocycles. The predicted molar refractivity (Wildman–Crippen MR) is 84.2 cm³/mol. The van der Waals surface area contributed by atoms with Crippen LogP contribution in [-0.4, -0.2) is 62.7 Å². The van der Waals surface area contributed by atoms with Gasteiger partial charge in [0, 0.05) is 45.6 Å². The highest BCUT2D eigenvalue weighted by molar-refractivity contribution is 5.76. The molecule has 4 nitrogen and oxygen atoms in total. The molecule has 0 radical (unpaired) electrons. The van der Waals surface area contributed by atoms with Gasteiger partial charge in [0.25, 0.3) is 0 Å². The molecule has 1 aromatic carbocycles. The zero-order chi connectivity index (χ0) is 15.9. The van der Waals surface area contributed by atoms with Crippen LogP contribution in [-0.2, 0) is 16.0 Å². The van der Waals surface area contributed by atoms with Crippen molar-refractivity contribution in [2.45, 2.75) is 12.8 Å². The first-order chi connectivity index (χ1) is 10.6. The highest BCUT2D eigenvalue weighted by Gasteiger charge is 2.23. The Bertz CT molecular complexity index is 478. The Kier molecular flexibility index (Phi) is 6.34. The number of nitrogens with zero attached hydrogens (tertiary/aromatic N) is 2. The molecule has 1 saturated heterocycles. The lowest BCUT2D eigenvalue weighted by Crippen LogP contribution is -2.37. The van der Waals surface area contributed by atoms with Crippen LogP contribution in [0.2, 0.25) is 0 Å². The summed E-state index contributed by atoms with van der Waals surface area (Å²) in [4.78, 5) is 16.6. The molecule has 2 rings (SSSR count). The van der Waals surface area contributed by atoms with Crippen LogP contribution in [0.4, 0.5) is 4.39 Å². The summed E-state index contributed by atoms with van der Waals surface area (Å²) < 4.78 is 18.1. The molecule has 0 aromatic heterocycles. The first kappa shape index (κ1) is 16.9. The van der Waals surface area contributed by atoms with Crippen LogP contribution in [0.3, 0.4) is 0 Å². The predicted octanol–water partition coefficient (Wildman–Crippen LogP) is 1.79. The van der Waals surface area contributed by atoms with E-state index in [0.717, 1.165) is 31.7 Å². The van der Waals surface area contributed by atoms with E-state index < -0.39 is 0 Å². The highest BCUT2D eigenvalue weighted by atomic mass is 19.1. The number of aryl methyl sites for hydroxylation is 1. The van der Waals surface area contributed by atoms with Gasteiger partial charge >= 0.3 is 0 Å². The van der Waals surface area contributed by atoms with E-state index >= 15 is 0 Å². The normalized spacial score (nSPS) is 20.0. The van der Waals surface area contributed by atoms with Crippen molar-refractivity contribution in [1.82, 2.24) is 9.80 Å². The van der Waals surface area contributed by atoms with Crippen LogP contribution in [0, 0.1) is 11.7 Å². The van der Waals surface area contributed by atoms with Gasteiger partial charge in [-0.05, 0) is 31.2 Å². The molecule has 0 bridgehead atoms. The number of amides is 1. The van der Waals surface area contributed by atoms with Crippen molar-refractivity contribution in [2.24, 2.45) is 5.92 Å². The van der Waals surface area contributed by atoms with Crippen LogP contribution < -0.4 is 0 Å². The minimum Gasteiger partial charge on any atom is -0.384 e. The fourth-order valence-electron chi connectivity index (χ4n) is 2.91. The zero-order valence-corrected chi connectivity index (χ0v) is 13.4. The molecule has 1 fully saturated rings. The van der Waals surface area contributed by atoms with Gasteiger partial charge in [0.1, 0.15) is 5.82 Å². The molecule has 22 heavy (non-hydrogen) atoms. The molecule has 1 aromatic rings. The van der Waals surface area contributed by atoms with E-state index in [1.165, 1.54) is 12.1 Å². The second-order valence-electron chi connectivity index (χ2n) is 6.05. The Morgan fingerprint density at radius 3 is 2.68 bits per heavy atom. The molecule has 122 valence electrons. The maximum absolute atomic E-state index is 12.9. The fraction of sp³-hybridized carbons (Fsp3) is 0.588. The SMILES string of the molecule is COCC1CN(C)CCN(C(=O)CCc2ccc(F)cc2)C1. The van der Waals surface area contributed by atoms with Gasteiger partial charge in [0.2, 0.25) is 5.91 Å². The summed E-state index contributed by atoms with van der Waals surface area (Å²) in [6, 6.07) is 6.36. The number of hydrogen-bond donors (Lipinski definition) is 0. The molecule has 0 N–H and O–H groups in total. The van der Waals surface area contributed by atoms with Crippen molar-refractivity contribution in [3.05, 3.63) is 35.6 Å². The summed E-state index contributed by atoms with van der Waals surface area (Å²) in [6.07, 6.45) is 1.12. The molecule has 1 unspecified atom stereocenters. The molecular weight excluding hydrogens is 283 g/mol. The van der Waals surface area contributed by atoms with E-state index in [-0.39, 0.29) is 11.7 Å². The van der Waals surface area contributed by atoms with E-state index in [1.807, 2.05) is 4.90 Å². The van der Waals surface area contributed by atoms with Crippen molar-refractivity contribution < 1.29 is 13.9 Å². The number of carbonyl (C=O) groups excluding carboxylic acids is 1. The third-order valence-corrected chi connectivity index (χ3v) is 4.10. The van der Waals surface area contributed by atoms with Gasteiger partial charge in [-0.2, -0.15) is 0 Å². The highest BCUT2D eigenvalue weighted by Crippen LogP contribution is 2.12. The average Bonchev–Trinajstić information content (AvgIpc) is 2.68. The first-order valence-electron chi connectivity index (χ1n) is 7.78. The summed E-state index contributed by atoms with van der Waals surface area (Å²) in [7, 11) is 3.78. The number of halogens is 1. The van der Waals surface area contributed by atoms with E-state index in [0.29, 0.717) is 25.4 Å². The third-order valence-electron chi connectivity index (χ3n) is 4.10. The van der Waals surface area contributed by atoms with Crippen LogP contribution in [0.15, 0.2) is 24.3 Å². The van der Waals surface area contributed by atoms with Crippen LogP contribution in [0.1, 0.15) is 12.0 Å². The number of rotatable bonds is 5. The van der Waals surface area contributed by atoms with Gasteiger partial charge in [-0.3, -0.25) is 4.79 Å². The number of likely N-dealkylation sites (N-methyl/N-ethyl adjacent to an activating group) is 1. The Labute approximate surface area is 131 Å². The topological polar surface area (TPSA) is 32.8 Å². The van der Waals surface area contributed by atoms with Crippen LogP contribution in [0.5, 0.6) is 0 Å². The first-order valence-corrected chi connectivity index (χ1v) is 7.78. The minimum absolute atomic E-state index is 0.167. The fourth-order valence-corrected chi connectivity index (χ4v) is 2.91. The standard InChI is InChI=1S/C17H25FN2O2/c1-19-9-10-20(12-15(11-19)13-22-2)17(21)8-5-14-3-6-16(18)7-4-14/h3-4,6-7,15H,5,8-13H2,1-2H3. The molecular formula is C17H25FN2O2. The van der Waals surface area contributed by atoms with Crippen molar-refractivity contribution in [1.29, 1.82) is 0 Å². The van der Waals surface area contributed by atoms with Crippen LogP contribution >= 0.6 is 0 Å². The third kappa shape index (κ3) is 5.07. The van der Waals surface area contributed by atoms with E-state index in [4.69, 9.17) is 4.74 Å². The van der Waals surface area contributed by atoms with Crippen LogP contribution in [0.25, 0.3) is 0 Å². The molecule has 1 aliphatic heterocycles. The summed E-state index contributed by atoms with van der Waals surface area (Å²) in [6.45, 7) is 4.03. The number of hydrogen-bond acceptors (Lipinski definition) is 3. The summed E-state index contributed by atoms with van der Waals surface area (Å²) in [5, 5.41) is 0. The molecule has 1 aliphatic rings. The monoisotopic (exact) mass is 308 g/mol. The number of ether oxygens (including phenoxy) is 1. The molecule has 1 atom stereocenters. The van der Waals surface area contributed by atoms with Crippen molar-refractivity contribution >= 4 is 5.91 Å². The number of benzene rings is 1. The molecule has 5 heteroatoms. The largest absolute Gasteiger partial charge is 0.384 e. The summed E-state index contributed by atoms with van der Waals surface area (Å²) in [5.74, 6) is 0.279. The van der Waals surface area contributed by atoms with Gasteiger partial charge in [0.05, 0.1) is 6.61 Å². The van der Waals surface area contributed by atoms with E-state index in [2.05, 4.69) is 11.9 Å². The van der Waals surface area contributed by atoms with Gasteiger partial charge < -0.3 is 14.5 Å². The Morgan fingerprint density at radius 2 is 2.00 bits per heavy atom. The van der Waals surface area contributed by atoms with E-state index in [1.54, 1.807) is 19.2 Å². The maximum Gasteiger partial charge on any atom is 0.222 e. The Morgan fingerprint density at radius 1 is 1.27 bits per heavy atom. The molecule has 1 amide bonds. The number of methoxy groups -OCH3 is 1. The zero-order valence-electron chi connectivity index (χ0n) is 13.4. The smallest absolute Gasteiger partial charge is 0.222 e. The quantitative estimate of drug-likeness (QED) is 0.831. The van der Waals surface area contributed by atoms with Crippen molar-refractivity contribution in [3.8, 4) is 0 Å². The maximum atomic E-state index is 12.9. The second-order valence-corrected chi connectivity index (χ2v) is 6.05. The molecule has 0 spiro atoms. The Hall–Kier alpha value is -1.46. The van der Waals surface area contributed by atoms with Gasteiger partial charge in [-0.15, -0.1) is 0 Å². The van der Waals surface area contributed by atoms with Gasteiger partial charge in [0.15, 0.2) is 0 Å². The van der Waals surface area contributed by atoms with Gasteiger partial charge in [-0.25, -0.2) is 4.39 Å².